The van der Waals surface area contributed by atoms with Crippen LogP contribution in [0.15, 0.2) is 0 Å². The second kappa shape index (κ2) is 1.73. The molecule has 4 atom stereocenters. The van der Waals surface area contributed by atoms with Gasteiger partial charge in [-0.15, -0.1) is 0 Å². The van der Waals surface area contributed by atoms with Crippen LogP contribution in [0.25, 0.3) is 0 Å². The van der Waals surface area contributed by atoms with Gasteiger partial charge in [0.15, 0.2) is 12.1 Å². The van der Waals surface area contributed by atoms with Gasteiger partial charge in [0.05, 0.1) is 0 Å². The minimum atomic E-state index is -0.997. The van der Waals surface area contributed by atoms with Gasteiger partial charge in [0.1, 0.15) is 6.10 Å². The SMILES string of the molecule is CC1(C)C2CC1C1OC1(C=O)C2=O. The molecule has 1 aliphatic heterocycles. The van der Waals surface area contributed by atoms with E-state index in [1.165, 1.54) is 0 Å². The van der Waals surface area contributed by atoms with Gasteiger partial charge in [-0.05, 0) is 17.8 Å². The lowest BCUT2D eigenvalue weighted by molar-refractivity contribution is -0.150. The van der Waals surface area contributed by atoms with Crippen molar-refractivity contribution in [1.82, 2.24) is 0 Å². The van der Waals surface area contributed by atoms with Crippen molar-refractivity contribution in [2.24, 2.45) is 17.3 Å². The van der Waals surface area contributed by atoms with Crippen LogP contribution in [0.1, 0.15) is 20.3 Å². The largest absolute Gasteiger partial charge is 0.350 e. The molecule has 1 heterocycles. The van der Waals surface area contributed by atoms with Gasteiger partial charge >= 0.3 is 0 Å². The van der Waals surface area contributed by atoms with Crippen LogP contribution in [0.3, 0.4) is 0 Å². The van der Waals surface area contributed by atoms with E-state index < -0.39 is 5.60 Å². The minimum Gasteiger partial charge on any atom is -0.350 e. The molecule has 3 heteroatoms. The third-order valence-corrected chi connectivity index (χ3v) is 4.27. The van der Waals surface area contributed by atoms with E-state index in [-0.39, 0.29) is 23.2 Å². The van der Waals surface area contributed by atoms with Gasteiger partial charge in [-0.25, -0.2) is 0 Å². The van der Waals surface area contributed by atoms with Crippen molar-refractivity contribution in [3.63, 3.8) is 0 Å². The molecule has 1 saturated heterocycles. The van der Waals surface area contributed by atoms with Crippen LogP contribution in [0, 0.1) is 17.3 Å². The summed E-state index contributed by atoms with van der Waals surface area (Å²) >= 11 is 0. The van der Waals surface area contributed by atoms with Crippen molar-refractivity contribution in [2.75, 3.05) is 0 Å². The lowest BCUT2D eigenvalue weighted by Crippen LogP contribution is -2.61. The third kappa shape index (κ3) is 0.573. The number of Topliss-reactive ketones (excluding diaryl/α,β-unsaturated/α-hetero) is 1. The van der Waals surface area contributed by atoms with Crippen molar-refractivity contribution >= 4 is 12.1 Å². The van der Waals surface area contributed by atoms with Crippen molar-refractivity contribution in [2.45, 2.75) is 32.0 Å². The van der Waals surface area contributed by atoms with E-state index in [0.717, 1.165) is 6.42 Å². The number of carbonyl (C=O) groups is 2. The minimum absolute atomic E-state index is 0.0278. The highest BCUT2D eigenvalue weighted by Gasteiger charge is 2.79. The molecule has 0 aromatic rings. The Morgan fingerprint density at radius 2 is 2.23 bits per heavy atom. The van der Waals surface area contributed by atoms with E-state index >= 15 is 0 Å². The summed E-state index contributed by atoms with van der Waals surface area (Å²) in [6, 6.07) is 0. The number of ether oxygens (including phenoxy) is 1. The number of aldehydes is 1. The highest BCUT2D eigenvalue weighted by Crippen LogP contribution is 2.67. The van der Waals surface area contributed by atoms with Gasteiger partial charge in [-0.1, -0.05) is 13.8 Å². The van der Waals surface area contributed by atoms with Crippen LogP contribution in [0.4, 0.5) is 0 Å². The maximum atomic E-state index is 11.8. The maximum absolute atomic E-state index is 11.8. The van der Waals surface area contributed by atoms with E-state index in [1.54, 1.807) is 0 Å². The van der Waals surface area contributed by atoms with E-state index in [9.17, 15) is 9.59 Å². The molecule has 4 fully saturated rings. The monoisotopic (exact) mass is 180 g/mol. The molecule has 3 aliphatic carbocycles. The average molecular weight is 180 g/mol. The fourth-order valence-corrected chi connectivity index (χ4v) is 3.10. The number of epoxide rings is 1. The summed E-state index contributed by atoms with van der Waals surface area (Å²) in [5.41, 5.74) is -0.937. The van der Waals surface area contributed by atoms with Gasteiger partial charge in [0.2, 0.25) is 5.60 Å². The first-order valence-electron chi connectivity index (χ1n) is 4.72. The molecule has 70 valence electrons. The van der Waals surface area contributed by atoms with Crippen LogP contribution in [-0.4, -0.2) is 23.8 Å². The topological polar surface area (TPSA) is 46.7 Å². The summed E-state index contributed by atoms with van der Waals surface area (Å²) in [5, 5.41) is 0. The predicted molar refractivity (Wildman–Crippen MR) is 44.1 cm³/mol. The Labute approximate surface area is 76.4 Å². The Balaban J connectivity index is 2.04. The Morgan fingerprint density at radius 1 is 1.54 bits per heavy atom. The quantitative estimate of drug-likeness (QED) is 0.336. The van der Waals surface area contributed by atoms with Crippen molar-refractivity contribution in [1.29, 1.82) is 0 Å². The average Bonchev–Trinajstić information content (AvgIpc) is 2.80. The Morgan fingerprint density at radius 3 is 2.69 bits per heavy atom. The Bertz CT molecular complexity index is 320. The zero-order valence-electron chi connectivity index (χ0n) is 7.74. The Kier molecular flexibility index (Phi) is 1.02. The van der Waals surface area contributed by atoms with Crippen molar-refractivity contribution < 1.29 is 14.3 Å². The summed E-state index contributed by atoms with van der Waals surface area (Å²) in [4.78, 5) is 22.6. The second-order valence-corrected chi connectivity index (χ2v) is 5.03. The molecule has 0 spiro atoms. The number of hydrogen-bond donors (Lipinski definition) is 0. The Hall–Kier alpha value is -0.700. The van der Waals surface area contributed by atoms with Crippen molar-refractivity contribution in [3.05, 3.63) is 0 Å². The molecule has 0 N–H and O–H groups in total. The van der Waals surface area contributed by atoms with Crippen LogP contribution in [-0.2, 0) is 14.3 Å². The summed E-state index contributed by atoms with van der Waals surface area (Å²) < 4.78 is 5.30. The molecule has 0 aromatic heterocycles. The van der Waals surface area contributed by atoms with Crippen molar-refractivity contribution in [3.8, 4) is 0 Å². The number of ketones is 1. The molecule has 0 radical (unpaired) electrons. The fraction of sp³-hybridized carbons (Fsp3) is 0.800. The standard InChI is InChI=1S/C10H12O3/c1-9(2)5-3-6(9)8-10(4-11,13-8)7(5)12/h4-6,8H,3H2,1-2H3. The molecule has 3 saturated carbocycles. The summed E-state index contributed by atoms with van der Waals surface area (Å²) in [5.74, 6) is 0.502. The molecule has 4 aliphatic rings. The number of carbonyl (C=O) groups excluding carboxylic acids is 2. The molecular formula is C10H12O3. The normalized spacial score (nSPS) is 54.9. The molecule has 4 unspecified atom stereocenters. The van der Waals surface area contributed by atoms with Gasteiger partial charge < -0.3 is 4.74 Å². The van der Waals surface area contributed by atoms with Gasteiger partial charge in [0.25, 0.3) is 0 Å². The van der Waals surface area contributed by atoms with Crippen LogP contribution < -0.4 is 0 Å². The lowest BCUT2D eigenvalue weighted by Gasteiger charge is -2.54. The van der Waals surface area contributed by atoms with Crippen LogP contribution in [0.2, 0.25) is 0 Å². The van der Waals surface area contributed by atoms with Gasteiger partial charge in [-0.2, -0.15) is 0 Å². The van der Waals surface area contributed by atoms with Crippen LogP contribution in [0.5, 0.6) is 0 Å². The molecule has 0 amide bonds. The highest BCUT2D eigenvalue weighted by atomic mass is 16.6. The molecule has 3 nitrogen and oxygen atoms in total. The first-order valence-corrected chi connectivity index (χ1v) is 4.72. The van der Waals surface area contributed by atoms with E-state index in [4.69, 9.17) is 4.74 Å². The zero-order valence-corrected chi connectivity index (χ0v) is 7.74. The third-order valence-electron chi connectivity index (χ3n) is 4.27. The van der Waals surface area contributed by atoms with E-state index in [2.05, 4.69) is 13.8 Å². The van der Waals surface area contributed by atoms with E-state index in [1.807, 2.05) is 0 Å². The van der Waals surface area contributed by atoms with Gasteiger partial charge in [0, 0.05) is 5.92 Å². The smallest absolute Gasteiger partial charge is 0.208 e. The maximum Gasteiger partial charge on any atom is 0.208 e. The summed E-state index contributed by atoms with van der Waals surface area (Å²) in [6.45, 7) is 4.19. The summed E-state index contributed by atoms with van der Waals surface area (Å²) in [6.07, 6.45) is 1.53. The fourth-order valence-electron chi connectivity index (χ4n) is 3.10. The second-order valence-electron chi connectivity index (χ2n) is 5.03. The number of rotatable bonds is 1. The van der Waals surface area contributed by atoms with Gasteiger partial charge in [-0.3, -0.25) is 9.59 Å². The molecule has 4 rings (SSSR count). The molecular weight excluding hydrogens is 168 g/mol. The highest BCUT2D eigenvalue weighted by molar-refractivity contribution is 6.09. The molecule has 0 aromatic carbocycles. The molecule has 13 heavy (non-hydrogen) atoms. The molecule has 2 bridgehead atoms. The lowest BCUT2D eigenvalue weighted by atomic mass is 9.46. The van der Waals surface area contributed by atoms with E-state index in [0.29, 0.717) is 12.2 Å². The zero-order chi connectivity index (χ0) is 9.43. The summed E-state index contributed by atoms with van der Waals surface area (Å²) in [7, 11) is 0. The first kappa shape index (κ1) is 7.68. The predicted octanol–water partition coefficient (Wildman–Crippen LogP) is 0.568. The first-order chi connectivity index (χ1) is 6.04. The number of hydrogen-bond acceptors (Lipinski definition) is 3. The van der Waals surface area contributed by atoms with Crippen LogP contribution >= 0.6 is 0 Å².